The van der Waals surface area contributed by atoms with Gasteiger partial charge in [0.25, 0.3) is 0 Å². The standard InChI is InChI=1S/C18H25ClN2O3/c1-23-17-5-4-15(19)11-14(17)12-18(22)21-6-2-3-16(21)13-20-7-9-24-10-8-20/h4-5,11,16H,2-3,6-10,12-13H2,1H3. The normalized spacial score (nSPS) is 21.9. The predicted molar refractivity (Wildman–Crippen MR) is 93.7 cm³/mol. The minimum absolute atomic E-state index is 0.159. The third-order valence-corrected chi connectivity index (χ3v) is 5.09. The Labute approximate surface area is 148 Å². The van der Waals surface area contributed by atoms with Crippen molar-refractivity contribution < 1.29 is 14.3 Å². The number of likely N-dealkylation sites (tertiary alicyclic amines) is 1. The largest absolute Gasteiger partial charge is 0.496 e. The highest BCUT2D eigenvalue weighted by Gasteiger charge is 2.30. The van der Waals surface area contributed by atoms with Crippen molar-refractivity contribution in [2.24, 2.45) is 0 Å². The molecule has 2 fully saturated rings. The van der Waals surface area contributed by atoms with E-state index in [0.717, 1.165) is 63.5 Å². The summed E-state index contributed by atoms with van der Waals surface area (Å²) in [6, 6.07) is 5.73. The summed E-state index contributed by atoms with van der Waals surface area (Å²) in [7, 11) is 1.62. The van der Waals surface area contributed by atoms with Gasteiger partial charge in [0.2, 0.25) is 5.91 Å². The molecule has 0 saturated carbocycles. The van der Waals surface area contributed by atoms with Crippen molar-refractivity contribution in [2.45, 2.75) is 25.3 Å². The first-order chi connectivity index (χ1) is 11.7. The van der Waals surface area contributed by atoms with E-state index in [0.29, 0.717) is 17.5 Å². The minimum Gasteiger partial charge on any atom is -0.496 e. The van der Waals surface area contributed by atoms with Gasteiger partial charge in [-0.3, -0.25) is 9.69 Å². The fourth-order valence-electron chi connectivity index (χ4n) is 3.59. The molecule has 0 aromatic heterocycles. The number of halogens is 1. The van der Waals surface area contributed by atoms with E-state index in [1.54, 1.807) is 13.2 Å². The van der Waals surface area contributed by atoms with Crippen molar-refractivity contribution in [2.75, 3.05) is 46.5 Å². The monoisotopic (exact) mass is 352 g/mol. The van der Waals surface area contributed by atoms with Gasteiger partial charge in [0.05, 0.1) is 26.7 Å². The molecule has 24 heavy (non-hydrogen) atoms. The van der Waals surface area contributed by atoms with Crippen molar-refractivity contribution in [1.82, 2.24) is 9.80 Å². The number of rotatable bonds is 5. The van der Waals surface area contributed by atoms with Gasteiger partial charge in [0.15, 0.2) is 0 Å². The summed E-state index contributed by atoms with van der Waals surface area (Å²) in [5.74, 6) is 0.878. The molecule has 5 nitrogen and oxygen atoms in total. The Morgan fingerprint density at radius 3 is 2.88 bits per heavy atom. The summed E-state index contributed by atoms with van der Waals surface area (Å²) in [6.45, 7) is 5.29. The summed E-state index contributed by atoms with van der Waals surface area (Å²) >= 11 is 6.08. The zero-order valence-electron chi connectivity index (χ0n) is 14.2. The molecule has 0 radical (unpaired) electrons. The van der Waals surface area contributed by atoms with Gasteiger partial charge in [0, 0.05) is 42.8 Å². The summed E-state index contributed by atoms with van der Waals surface area (Å²) in [5, 5.41) is 0.630. The maximum absolute atomic E-state index is 12.8. The Morgan fingerprint density at radius 1 is 1.33 bits per heavy atom. The number of amides is 1. The topological polar surface area (TPSA) is 42.0 Å². The highest BCUT2D eigenvalue weighted by atomic mass is 35.5. The van der Waals surface area contributed by atoms with Gasteiger partial charge >= 0.3 is 0 Å². The van der Waals surface area contributed by atoms with E-state index >= 15 is 0 Å². The highest BCUT2D eigenvalue weighted by Crippen LogP contribution is 2.26. The van der Waals surface area contributed by atoms with Gasteiger partial charge in [-0.1, -0.05) is 11.6 Å². The SMILES string of the molecule is COc1ccc(Cl)cc1CC(=O)N1CCCC1CN1CCOCC1. The van der Waals surface area contributed by atoms with Crippen LogP contribution in [0, 0.1) is 0 Å². The van der Waals surface area contributed by atoms with Crippen LogP contribution in [0.3, 0.4) is 0 Å². The molecule has 1 atom stereocenters. The van der Waals surface area contributed by atoms with Crippen LogP contribution in [0.5, 0.6) is 5.75 Å². The smallest absolute Gasteiger partial charge is 0.227 e. The molecule has 0 bridgehead atoms. The van der Waals surface area contributed by atoms with Gasteiger partial charge < -0.3 is 14.4 Å². The number of benzene rings is 1. The molecule has 6 heteroatoms. The quantitative estimate of drug-likeness (QED) is 0.815. The van der Waals surface area contributed by atoms with Crippen LogP contribution in [0.4, 0.5) is 0 Å². The number of ether oxygens (including phenoxy) is 2. The first-order valence-electron chi connectivity index (χ1n) is 8.59. The van der Waals surface area contributed by atoms with Crippen molar-refractivity contribution in [3.63, 3.8) is 0 Å². The van der Waals surface area contributed by atoms with E-state index in [1.165, 1.54) is 0 Å². The number of morpholine rings is 1. The molecule has 0 aliphatic carbocycles. The van der Waals surface area contributed by atoms with Crippen LogP contribution in [0.15, 0.2) is 18.2 Å². The van der Waals surface area contributed by atoms with Crippen molar-refractivity contribution in [1.29, 1.82) is 0 Å². The van der Waals surface area contributed by atoms with Crippen LogP contribution >= 0.6 is 11.6 Å². The first-order valence-corrected chi connectivity index (χ1v) is 8.97. The molecule has 3 rings (SSSR count). The van der Waals surface area contributed by atoms with Gasteiger partial charge in [-0.25, -0.2) is 0 Å². The number of carbonyl (C=O) groups excluding carboxylic acids is 1. The third-order valence-electron chi connectivity index (χ3n) is 4.85. The molecular formula is C18H25ClN2O3. The van der Waals surface area contributed by atoms with E-state index in [9.17, 15) is 4.79 Å². The number of hydrogen-bond donors (Lipinski definition) is 0. The molecule has 0 N–H and O–H groups in total. The van der Waals surface area contributed by atoms with Crippen LogP contribution in [-0.4, -0.2) is 68.3 Å². The Kier molecular flexibility index (Phi) is 5.98. The maximum Gasteiger partial charge on any atom is 0.227 e. The van der Waals surface area contributed by atoms with Crippen LogP contribution < -0.4 is 4.74 Å². The van der Waals surface area contributed by atoms with Crippen molar-refractivity contribution >= 4 is 17.5 Å². The van der Waals surface area contributed by atoms with Crippen LogP contribution in [0.1, 0.15) is 18.4 Å². The second-order valence-electron chi connectivity index (χ2n) is 6.43. The second-order valence-corrected chi connectivity index (χ2v) is 6.87. The van der Waals surface area contributed by atoms with Crippen LogP contribution in [0.25, 0.3) is 0 Å². The lowest BCUT2D eigenvalue weighted by Gasteiger charge is -2.33. The number of methoxy groups -OCH3 is 1. The molecule has 1 aromatic carbocycles. The second kappa shape index (κ2) is 8.19. The molecular weight excluding hydrogens is 328 g/mol. The molecule has 1 amide bonds. The Morgan fingerprint density at radius 2 is 2.12 bits per heavy atom. The maximum atomic E-state index is 12.8. The average Bonchev–Trinajstić information content (AvgIpc) is 3.04. The Hall–Kier alpha value is -1.30. The van der Waals surface area contributed by atoms with E-state index in [-0.39, 0.29) is 5.91 Å². The van der Waals surface area contributed by atoms with Crippen LogP contribution in [-0.2, 0) is 16.0 Å². The zero-order valence-corrected chi connectivity index (χ0v) is 14.9. The lowest BCUT2D eigenvalue weighted by Crippen LogP contribution is -2.47. The van der Waals surface area contributed by atoms with Crippen molar-refractivity contribution in [3.8, 4) is 5.75 Å². The van der Waals surface area contributed by atoms with E-state index in [1.807, 2.05) is 17.0 Å². The van der Waals surface area contributed by atoms with Gasteiger partial charge in [0.1, 0.15) is 5.75 Å². The fourth-order valence-corrected chi connectivity index (χ4v) is 3.78. The van der Waals surface area contributed by atoms with Crippen molar-refractivity contribution in [3.05, 3.63) is 28.8 Å². The summed E-state index contributed by atoms with van der Waals surface area (Å²) in [6.07, 6.45) is 2.49. The fraction of sp³-hybridized carbons (Fsp3) is 0.611. The molecule has 1 aromatic rings. The lowest BCUT2D eigenvalue weighted by atomic mass is 10.1. The molecule has 2 heterocycles. The van der Waals surface area contributed by atoms with E-state index in [4.69, 9.17) is 21.1 Å². The number of hydrogen-bond acceptors (Lipinski definition) is 4. The molecule has 0 spiro atoms. The molecule has 2 aliphatic rings. The summed E-state index contributed by atoms with van der Waals surface area (Å²) in [4.78, 5) is 17.3. The molecule has 2 saturated heterocycles. The number of carbonyl (C=O) groups is 1. The summed E-state index contributed by atoms with van der Waals surface area (Å²) < 4.78 is 10.8. The molecule has 1 unspecified atom stereocenters. The molecule has 2 aliphatic heterocycles. The number of nitrogens with zero attached hydrogens (tertiary/aromatic N) is 2. The Bertz CT molecular complexity index is 575. The minimum atomic E-state index is 0.159. The zero-order chi connectivity index (χ0) is 16.9. The van der Waals surface area contributed by atoms with E-state index in [2.05, 4.69) is 4.90 Å². The lowest BCUT2D eigenvalue weighted by molar-refractivity contribution is -0.131. The van der Waals surface area contributed by atoms with Gasteiger partial charge in [-0.05, 0) is 31.0 Å². The molecule has 132 valence electrons. The van der Waals surface area contributed by atoms with Gasteiger partial charge in [-0.15, -0.1) is 0 Å². The highest BCUT2D eigenvalue weighted by molar-refractivity contribution is 6.30. The summed E-state index contributed by atoms with van der Waals surface area (Å²) in [5.41, 5.74) is 0.854. The average molecular weight is 353 g/mol. The Balaban J connectivity index is 1.64. The van der Waals surface area contributed by atoms with Crippen LogP contribution in [0.2, 0.25) is 5.02 Å². The van der Waals surface area contributed by atoms with Gasteiger partial charge in [-0.2, -0.15) is 0 Å². The first kappa shape index (κ1) is 17.5. The predicted octanol–water partition coefficient (Wildman–Crippen LogP) is 2.21. The third kappa shape index (κ3) is 4.21. The van der Waals surface area contributed by atoms with E-state index < -0.39 is 0 Å².